The Labute approximate surface area is 79.8 Å². The summed E-state index contributed by atoms with van der Waals surface area (Å²) < 4.78 is 37.0. The number of hydrogen-bond acceptors (Lipinski definition) is 2. The van der Waals surface area contributed by atoms with E-state index >= 15 is 0 Å². The first-order chi connectivity index (χ1) is 6.41. The lowest BCUT2D eigenvalue weighted by atomic mass is 10.2. The van der Waals surface area contributed by atoms with Crippen molar-refractivity contribution < 1.29 is 18.0 Å². The van der Waals surface area contributed by atoms with E-state index in [0.717, 1.165) is 0 Å². The largest absolute Gasteiger partial charge is 0.411 e. The number of halogens is 3. The standard InChI is InChI=1S/C8H13F3N2O/c9-8(10,11)7(3-4-7)13-6(14)2-1-5-12/h1-5,12H2,(H,13,14). The minimum Gasteiger partial charge on any atom is -0.342 e. The van der Waals surface area contributed by atoms with Crippen molar-refractivity contribution in [3.05, 3.63) is 0 Å². The molecule has 1 amide bonds. The summed E-state index contributed by atoms with van der Waals surface area (Å²) in [6, 6.07) is 0. The van der Waals surface area contributed by atoms with Crippen LogP contribution in [0.25, 0.3) is 0 Å². The fourth-order valence-electron chi connectivity index (χ4n) is 1.20. The average molecular weight is 210 g/mol. The third kappa shape index (κ3) is 2.37. The smallest absolute Gasteiger partial charge is 0.342 e. The predicted octanol–water partition coefficient (Wildman–Crippen LogP) is 0.936. The molecule has 0 bridgehead atoms. The molecular weight excluding hydrogens is 197 g/mol. The summed E-state index contributed by atoms with van der Waals surface area (Å²) in [6.45, 7) is 0.312. The third-order valence-corrected chi connectivity index (χ3v) is 2.28. The van der Waals surface area contributed by atoms with E-state index in [0.29, 0.717) is 13.0 Å². The van der Waals surface area contributed by atoms with Crippen LogP contribution in [0.15, 0.2) is 0 Å². The minimum absolute atomic E-state index is 0.00906. The summed E-state index contributed by atoms with van der Waals surface area (Å²) in [5, 5.41) is 2.02. The van der Waals surface area contributed by atoms with Crippen LogP contribution < -0.4 is 11.1 Å². The summed E-state index contributed by atoms with van der Waals surface area (Å²) >= 11 is 0. The van der Waals surface area contributed by atoms with Crippen LogP contribution in [0.2, 0.25) is 0 Å². The van der Waals surface area contributed by atoms with Gasteiger partial charge in [0.1, 0.15) is 5.54 Å². The van der Waals surface area contributed by atoms with Crippen LogP contribution in [0.5, 0.6) is 0 Å². The first kappa shape index (κ1) is 11.3. The van der Waals surface area contributed by atoms with Gasteiger partial charge in [-0.2, -0.15) is 13.2 Å². The Balaban J connectivity index is 2.40. The molecule has 0 atom stereocenters. The van der Waals surface area contributed by atoms with Crippen LogP contribution in [-0.2, 0) is 4.79 Å². The maximum Gasteiger partial charge on any atom is 0.411 e. The number of alkyl halides is 3. The van der Waals surface area contributed by atoms with Gasteiger partial charge in [-0.05, 0) is 25.8 Å². The van der Waals surface area contributed by atoms with Gasteiger partial charge in [-0.3, -0.25) is 4.79 Å². The predicted molar refractivity (Wildman–Crippen MR) is 44.5 cm³/mol. The lowest BCUT2D eigenvalue weighted by Crippen LogP contribution is -2.47. The van der Waals surface area contributed by atoms with E-state index in [9.17, 15) is 18.0 Å². The van der Waals surface area contributed by atoms with Crippen molar-refractivity contribution in [2.24, 2.45) is 5.73 Å². The second kappa shape index (κ2) is 3.76. The first-order valence-electron chi connectivity index (χ1n) is 4.49. The molecule has 0 aromatic heterocycles. The molecule has 1 aliphatic rings. The topological polar surface area (TPSA) is 55.1 Å². The van der Waals surface area contributed by atoms with Gasteiger partial charge < -0.3 is 11.1 Å². The Kier molecular flexibility index (Phi) is 3.04. The molecule has 1 rings (SSSR count). The van der Waals surface area contributed by atoms with E-state index in [1.807, 2.05) is 5.32 Å². The van der Waals surface area contributed by atoms with E-state index < -0.39 is 17.6 Å². The SMILES string of the molecule is NCCCC(=O)NC1(C(F)(F)F)CC1. The summed E-state index contributed by atoms with van der Waals surface area (Å²) in [4.78, 5) is 11.0. The molecule has 0 radical (unpaired) electrons. The zero-order valence-corrected chi connectivity index (χ0v) is 7.66. The molecule has 0 unspecified atom stereocenters. The zero-order chi connectivity index (χ0) is 10.8. The highest BCUT2D eigenvalue weighted by molar-refractivity contribution is 5.77. The van der Waals surface area contributed by atoms with Crippen molar-refractivity contribution in [3.63, 3.8) is 0 Å². The maximum absolute atomic E-state index is 12.3. The van der Waals surface area contributed by atoms with E-state index in [-0.39, 0.29) is 19.3 Å². The molecule has 1 fully saturated rings. The fourth-order valence-corrected chi connectivity index (χ4v) is 1.20. The third-order valence-electron chi connectivity index (χ3n) is 2.28. The van der Waals surface area contributed by atoms with Crippen LogP contribution >= 0.6 is 0 Å². The van der Waals surface area contributed by atoms with Gasteiger partial charge in [0.2, 0.25) is 5.91 Å². The highest BCUT2D eigenvalue weighted by Gasteiger charge is 2.64. The summed E-state index contributed by atoms with van der Waals surface area (Å²) in [6.07, 6.45) is -3.87. The molecule has 3 N–H and O–H groups in total. The normalized spacial score (nSPS) is 19.1. The van der Waals surface area contributed by atoms with Gasteiger partial charge in [-0.1, -0.05) is 0 Å². The molecule has 0 aromatic rings. The van der Waals surface area contributed by atoms with Crippen LogP contribution in [0.4, 0.5) is 13.2 Å². The van der Waals surface area contributed by atoms with Crippen molar-refractivity contribution in [1.82, 2.24) is 5.32 Å². The Bertz CT molecular complexity index is 223. The monoisotopic (exact) mass is 210 g/mol. The number of nitrogens with two attached hydrogens (primary N) is 1. The van der Waals surface area contributed by atoms with E-state index in [2.05, 4.69) is 0 Å². The Hall–Kier alpha value is -0.780. The molecule has 0 saturated heterocycles. The van der Waals surface area contributed by atoms with Crippen molar-refractivity contribution in [1.29, 1.82) is 0 Å². The van der Waals surface area contributed by atoms with Gasteiger partial charge in [0.15, 0.2) is 0 Å². The fraction of sp³-hybridized carbons (Fsp3) is 0.875. The molecule has 3 nitrogen and oxygen atoms in total. The minimum atomic E-state index is -4.33. The quantitative estimate of drug-likeness (QED) is 0.725. The highest BCUT2D eigenvalue weighted by Crippen LogP contribution is 2.48. The van der Waals surface area contributed by atoms with E-state index in [4.69, 9.17) is 5.73 Å². The van der Waals surface area contributed by atoms with E-state index in [1.165, 1.54) is 0 Å². The Morgan fingerprint density at radius 2 is 2.00 bits per heavy atom. The van der Waals surface area contributed by atoms with Gasteiger partial charge in [0, 0.05) is 6.42 Å². The maximum atomic E-state index is 12.3. The lowest BCUT2D eigenvalue weighted by molar-refractivity contribution is -0.170. The van der Waals surface area contributed by atoms with Crippen molar-refractivity contribution in [2.75, 3.05) is 6.54 Å². The lowest BCUT2D eigenvalue weighted by Gasteiger charge is -2.20. The highest BCUT2D eigenvalue weighted by atomic mass is 19.4. The number of rotatable bonds is 4. The molecule has 82 valence electrons. The average Bonchev–Trinajstić information content (AvgIpc) is 2.80. The second-order valence-electron chi connectivity index (χ2n) is 3.52. The van der Waals surface area contributed by atoms with E-state index in [1.54, 1.807) is 0 Å². The van der Waals surface area contributed by atoms with Gasteiger partial charge in [-0.15, -0.1) is 0 Å². The molecule has 0 heterocycles. The van der Waals surface area contributed by atoms with Crippen LogP contribution in [-0.4, -0.2) is 24.2 Å². The molecule has 6 heteroatoms. The number of amides is 1. The molecule has 1 saturated carbocycles. The van der Waals surface area contributed by atoms with Gasteiger partial charge >= 0.3 is 6.18 Å². The molecule has 0 spiro atoms. The van der Waals surface area contributed by atoms with Gasteiger partial charge in [0.25, 0.3) is 0 Å². The molecule has 0 aromatic carbocycles. The van der Waals surface area contributed by atoms with Gasteiger partial charge in [-0.25, -0.2) is 0 Å². The number of hydrogen-bond donors (Lipinski definition) is 2. The summed E-state index contributed by atoms with van der Waals surface area (Å²) in [5.41, 5.74) is 3.21. The van der Waals surface area contributed by atoms with Crippen LogP contribution in [0.3, 0.4) is 0 Å². The molecule has 0 aliphatic heterocycles. The second-order valence-corrected chi connectivity index (χ2v) is 3.52. The zero-order valence-electron chi connectivity index (χ0n) is 7.66. The molecular formula is C8H13F3N2O. The van der Waals surface area contributed by atoms with Crippen molar-refractivity contribution >= 4 is 5.91 Å². The Morgan fingerprint density at radius 3 is 2.36 bits per heavy atom. The Morgan fingerprint density at radius 1 is 1.43 bits per heavy atom. The summed E-state index contributed by atoms with van der Waals surface area (Å²) in [5.74, 6) is -0.565. The number of carbonyl (C=O) groups excluding carboxylic acids is 1. The first-order valence-corrected chi connectivity index (χ1v) is 4.49. The van der Waals surface area contributed by atoms with Crippen molar-refractivity contribution in [2.45, 2.75) is 37.4 Å². The number of nitrogens with one attached hydrogen (secondary N) is 1. The summed E-state index contributed by atoms with van der Waals surface area (Å²) in [7, 11) is 0. The molecule has 14 heavy (non-hydrogen) atoms. The van der Waals surface area contributed by atoms with Crippen LogP contribution in [0.1, 0.15) is 25.7 Å². The van der Waals surface area contributed by atoms with Crippen LogP contribution in [0, 0.1) is 0 Å². The van der Waals surface area contributed by atoms with Crippen molar-refractivity contribution in [3.8, 4) is 0 Å². The molecule has 1 aliphatic carbocycles. The van der Waals surface area contributed by atoms with Gasteiger partial charge in [0.05, 0.1) is 0 Å². The number of carbonyl (C=O) groups is 1.